The van der Waals surface area contributed by atoms with Crippen LogP contribution in [0.3, 0.4) is 0 Å². The number of hydrogen-bond donors (Lipinski definition) is 1. The number of aliphatic hydroxyl groups is 1. The summed E-state index contributed by atoms with van der Waals surface area (Å²) in [6.45, 7) is -0.286. The predicted molar refractivity (Wildman–Crippen MR) is 93.7 cm³/mol. The number of carbonyl (C=O) groups is 1. The zero-order valence-corrected chi connectivity index (χ0v) is 14.4. The van der Waals surface area contributed by atoms with Crippen molar-refractivity contribution in [1.82, 2.24) is 4.98 Å². The number of rotatable bonds is 10. The number of pyridine rings is 1. The van der Waals surface area contributed by atoms with Crippen LogP contribution in [-0.4, -0.2) is 33.3 Å². The maximum Gasteiger partial charge on any atom is 0.274 e. The molecule has 1 aromatic heterocycles. The number of oxime groups is 1. The summed E-state index contributed by atoms with van der Waals surface area (Å²) < 4.78 is 0. The van der Waals surface area contributed by atoms with Gasteiger partial charge >= 0.3 is 0 Å². The van der Waals surface area contributed by atoms with Gasteiger partial charge in [0, 0.05) is 35.6 Å². The Kier molecular flexibility index (Phi) is 7.38. The van der Waals surface area contributed by atoms with Crippen LogP contribution in [-0.2, 0) is 16.2 Å². The zero-order chi connectivity index (χ0) is 19.6. The van der Waals surface area contributed by atoms with E-state index in [4.69, 9.17) is 4.84 Å². The minimum absolute atomic E-state index is 0.0508. The summed E-state index contributed by atoms with van der Waals surface area (Å²) in [4.78, 5) is 30.2. The van der Waals surface area contributed by atoms with Crippen LogP contribution in [0.5, 0.6) is 0 Å². The minimum atomic E-state index is -1.11. The van der Waals surface area contributed by atoms with Gasteiger partial charge in [-0.15, -0.1) is 0 Å². The van der Waals surface area contributed by atoms with Crippen molar-refractivity contribution in [3.63, 3.8) is 0 Å². The van der Waals surface area contributed by atoms with Gasteiger partial charge in [-0.3, -0.25) is 15.1 Å². The van der Waals surface area contributed by atoms with E-state index < -0.39 is 17.5 Å². The fourth-order valence-corrected chi connectivity index (χ4v) is 2.36. The minimum Gasteiger partial charge on any atom is -0.550 e. The van der Waals surface area contributed by atoms with Gasteiger partial charge in [-0.2, -0.15) is 0 Å². The zero-order valence-electron chi connectivity index (χ0n) is 14.4. The van der Waals surface area contributed by atoms with E-state index in [9.17, 15) is 25.1 Å². The maximum atomic E-state index is 11.0. The Morgan fingerprint density at radius 3 is 2.70 bits per heavy atom. The van der Waals surface area contributed by atoms with Crippen LogP contribution in [0, 0.1) is 10.1 Å². The van der Waals surface area contributed by atoms with E-state index in [1.165, 1.54) is 18.2 Å². The third-order valence-corrected chi connectivity index (χ3v) is 3.68. The summed E-state index contributed by atoms with van der Waals surface area (Å²) in [5.74, 6) is -1.11. The Bertz CT molecular complexity index is 823. The largest absolute Gasteiger partial charge is 0.550 e. The van der Waals surface area contributed by atoms with Crippen LogP contribution in [0.25, 0.3) is 0 Å². The molecule has 0 saturated heterocycles. The lowest BCUT2D eigenvalue weighted by Crippen LogP contribution is -2.21. The molecule has 0 spiro atoms. The molecule has 0 aliphatic rings. The summed E-state index contributed by atoms with van der Waals surface area (Å²) >= 11 is 0. The molecule has 1 N–H and O–H groups in total. The number of aromatic nitrogens is 1. The highest BCUT2D eigenvalue weighted by atomic mass is 16.6. The number of aliphatic carboxylic acids is 1. The first-order valence-corrected chi connectivity index (χ1v) is 8.21. The summed E-state index contributed by atoms with van der Waals surface area (Å²) in [6, 6.07) is 7.76. The molecule has 0 saturated carbocycles. The average Bonchev–Trinajstić information content (AvgIpc) is 2.67. The summed E-state index contributed by atoms with van der Waals surface area (Å²) in [7, 11) is 0. The molecule has 9 nitrogen and oxygen atoms in total. The number of hydrogen-bond acceptors (Lipinski definition) is 8. The van der Waals surface area contributed by atoms with Crippen molar-refractivity contribution >= 4 is 17.4 Å². The van der Waals surface area contributed by atoms with Crippen molar-refractivity contribution in [1.29, 1.82) is 0 Å². The fourth-order valence-electron chi connectivity index (χ4n) is 2.36. The van der Waals surface area contributed by atoms with Crippen molar-refractivity contribution < 1.29 is 24.8 Å². The van der Waals surface area contributed by atoms with E-state index in [2.05, 4.69) is 10.1 Å². The highest BCUT2D eigenvalue weighted by molar-refractivity contribution is 6.12. The van der Waals surface area contributed by atoms with Crippen LogP contribution in [0.15, 0.2) is 47.9 Å². The normalized spacial score (nSPS) is 11.2. The maximum absolute atomic E-state index is 11.0. The van der Waals surface area contributed by atoms with Gasteiger partial charge < -0.3 is 19.8 Å². The van der Waals surface area contributed by atoms with Crippen molar-refractivity contribution in [2.24, 2.45) is 5.16 Å². The lowest BCUT2D eigenvalue weighted by Gasteiger charge is -2.09. The lowest BCUT2D eigenvalue weighted by molar-refractivity contribution is -0.385. The number of carboxylic acid groups (broad SMARTS) is 1. The molecule has 0 atom stereocenters. The van der Waals surface area contributed by atoms with Crippen LogP contribution in [0.4, 0.5) is 5.69 Å². The quantitative estimate of drug-likeness (QED) is 0.286. The molecule has 2 aromatic rings. The number of carbonyl (C=O) groups excluding carboxylic acids is 1. The van der Waals surface area contributed by atoms with Crippen molar-refractivity contribution in [3.8, 4) is 0 Å². The molecular weight excluding hydrogens is 354 g/mol. The summed E-state index contributed by atoms with van der Waals surface area (Å²) in [6.07, 6.45) is 4.01. The van der Waals surface area contributed by atoms with Gasteiger partial charge in [-0.05, 0) is 43.5 Å². The Balaban J connectivity index is 2.24. The highest BCUT2D eigenvalue weighted by Gasteiger charge is 2.17. The van der Waals surface area contributed by atoms with Crippen molar-refractivity contribution in [2.45, 2.75) is 25.9 Å². The first-order chi connectivity index (χ1) is 13.0. The van der Waals surface area contributed by atoms with Gasteiger partial charge in [0.1, 0.15) is 12.3 Å². The molecular formula is C18H18N3O6-. The van der Waals surface area contributed by atoms with Gasteiger partial charge in [0.25, 0.3) is 5.69 Å². The van der Waals surface area contributed by atoms with Gasteiger partial charge in [0.2, 0.25) is 0 Å². The molecule has 1 heterocycles. The van der Waals surface area contributed by atoms with Crippen molar-refractivity contribution in [3.05, 3.63) is 69.5 Å². The number of carboxylic acids is 1. The second kappa shape index (κ2) is 9.97. The predicted octanol–water partition coefficient (Wildman–Crippen LogP) is 1.17. The number of benzene rings is 1. The molecule has 0 aliphatic carbocycles. The summed E-state index contributed by atoms with van der Waals surface area (Å²) in [5, 5.41) is 34.9. The first kappa shape index (κ1) is 20.0. The average molecular weight is 372 g/mol. The standard InChI is InChI=1S/C18H19N3O6/c22-12-15-10-13(6-7-16(15)21(25)26)18(14-4-3-8-19-11-14)20-27-9-2-1-5-17(23)24/h3-4,6-8,10-11,22H,1-2,5,9,12H2,(H,23,24)/p-1/b20-18+. The molecule has 0 aliphatic heterocycles. The molecule has 0 bridgehead atoms. The van der Waals surface area contributed by atoms with Gasteiger partial charge in [-0.1, -0.05) is 5.16 Å². The van der Waals surface area contributed by atoms with E-state index in [1.54, 1.807) is 24.5 Å². The van der Waals surface area contributed by atoms with Crippen LogP contribution in [0.2, 0.25) is 0 Å². The molecule has 2 rings (SSSR count). The van der Waals surface area contributed by atoms with Crippen LogP contribution >= 0.6 is 0 Å². The van der Waals surface area contributed by atoms with E-state index in [-0.39, 0.29) is 24.3 Å². The Hall–Kier alpha value is -3.33. The third-order valence-electron chi connectivity index (χ3n) is 3.68. The van der Waals surface area contributed by atoms with Crippen LogP contribution in [0.1, 0.15) is 36.0 Å². The van der Waals surface area contributed by atoms with E-state index >= 15 is 0 Å². The molecule has 27 heavy (non-hydrogen) atoms. The van der Waals surface area contributed by atoms with Crippen LogP contribution < -0.4 is 5.11 Å². The molecule has 0 radical (unpaired) electrons. The van der Waals surface area contributed by atoms with Gasteiger partial charge in [0.05, 0.1) is 17.1 Å². The van der Waals surface area contributed by atoms with Crippen molar-refractivity contribution in [2.75, 3.05) is 6.61 Å². The Morgan fingerprint density at radius 2 is 2.07 bits per heavy atom. The molecule has 0 fully saturated rings. The molecule has 0 amide bonds. The molecule has 9 heteroatoms. The van der Waals surface area contributed by atoms with E-state index in [0.717, 1.165) is 0 Å². The number of nitro benzene ring substituents is 1. The monoisotopic (exact) mass is 372 g/mol. The lowest BCUT2D eigenvalue weighted by atomic mass is 10.0. The van der Waals surface area contributed by atoms with E-state index in [1.807, 2.05) is 0 Å². The number of nitrogens with zero attached hydrogens (tertiary/aromatic N) is 3. The number of nitro groups is 1. The number of aliphatic hydroxyl groups excluding tert-OH is 1. The third kappa shape index (κ3) is 5.86. The highest BCUT2D eigenvalue weighted by Crippen LogP contribution is 2.22. The Labute approximate surface area is 155 Å². The topological polar surface area (TPSA) is 138 Å². The SMILES string of the molecule is O=C([O-])CCCCO/N=C(/c1cccnc1)c1ccc([N+](=O)[O-])c(CO)c1. The second-order valence-corrected chi connectivity index (χ2v) is 5.60. The van der Waals surface area contributed by atoms with E-state index in [0.29, 0.717) is 29.7 Å². The van der Waals surface area contributed by atoms with Gasteiger partial charge in [0.15, 0.2) is 0 Å². The summed E-state index contributed by atoms with van der Waals surface area (Å²) in [5.41, 5.74) is 1.52. The molecule has 0 unspecified atom stereocenters. The molecule has 1 aromatic carbocycles. The Morgan fingerprint density at radius 1 is 1.26 bits per heavy atom. The smallest absolute Gasteiger partial charge is 0.274 e. The van der Waals surface area contributed by atoms with Gasteiger partial charge in [-0.25, -0.2) is 0 Å². The fraction of sp³-hybridized carbons (Fsp3) is 0.278. The first-order valence-electron chi connectivity index (χ1n) is 8.21. The molecule has 142 valence electrons. The number of unbranched alkanes of at least 4 members (excludes halogenated alkanes) is 1. The second-order valence-electron chi connectivity index (χ2n) is 5.60.